The van der Waals surface area contributed by atoms with Crippen LogP contribution in [0.3, 0.4) is 0 Å². The van der Waals surface area contributed by atoms with Gasteiger partial charge in [-0.15, -0.1) is 0 Å². The second kappa shape index (κ2) is 11.5. The molecule has 0 aromatic carbocycles. The molecule has 112 valence electrons. The van der Waals surface area contributed by atoms with Crippen molar-refractivity contribution >= 4 is 0 Å². The quantitative estimate of drug-likeness (QED) is 0.447. The average Bonchev–Trinajstić information content (AvgIpc) is 2.40. The Morgan fingerprint density at radius 2 is 1.75 bits per heavy atom. The van der Waals surface area contributed by atoms with Crippen LogP contribution in [0.5, 0.6) is 0 Å². The van der Waals surface area contributed by atoms with Crippen molar-refractivity contribution in [3.05, 3.63) is 35.5 Å². The van der Waals surface area contributed by atoms with E-state index in [4.69, 9.17) is 5.26 Å². The first kappa shape index (κ1) is 18.7. The monoisotopic (exact) mass is 275 g/mol. The number of allylic oxidation sites excluding steroid dienone is 4. The molecule has 0 heterocycles. The lowest BCUT2D eigenvalue weighted by molar-refractivity contribution is 0.201. The lowest BCUT2D eigenvalue weighted by Gasteiger charge is -2.09. The third-order valence-corrected chi connectivity index (χ3v) is 3.40. The third kappa shape index (κ3) is 10.6. The first-order valence-corrected chi connectivity index (χ1v) is 7.49. The van der Waals surface area contributed by atoms with Crippen molar-refractivity contribution in [3.63, 3.8) is 0 Å². The molecule has 0 saturated carbocycles. The van der Waals surface area contributed by atoms with Gasteiger partial charge >= 0.3 is 0 Å². The smallest absolute Gasteiger partial charge is 0.0747 e. The lowest BCUT2D eigenvalue weighted by Crippen LogP contribution is -2.06. The van der Waals surface area contributed by atoms with E-state index in [2.05, 4.69) is 38.6 Å². The number of aliphatic hydroxyl groups is 1. The summed E-state index contributed by atoms with van der Waals surface area (Å²) in [7, 11) is 0. The second-order valence-electron chi connectivity index (χ2n) is 5.59. The van der Waals surface area contributed by atoms with Gasteiger partial charge < -0.3 is 5.11 Å². The number of nitrogens with zero attached hydrogens (tertiary/aromatic N) is 1. The maximum atomic E-state index is 9.67. The predicted molar refractivity (Wildman–Crippen MR) is 86.3 cm³/mol. The van der Waals surface area contributed by atoms with E-state index in [0.717, 1.165) is 44.1 Å². The van der Waals surface area contributed by atoms with Crippen LogP contribution in [0.4, 0.5) is 0 Å². The maximum absolute atomic E-state index is 9.67. The molecule has 0 aliphatic heterocycles. The van der Waals surface area contributed by atoms with E-state index in [1.165, 1.54) is 11.1 Å². The van der Waals surface area contributed by atoms with Crippen LogP contribution in [0.1, 0.15) is 65.7 Å². The van der Waals surface area contributed by atoms with Crippen LogP contribution in [0, 0.1) is 11.3 Å². The first-order valence-electron chi connectivity index (χ1n) is 7.49. The van der Waals surface area contributed by atoms with Crippen molar-refractivity contribution < 1.29 is 5.11 Å². The van der Waals surface area contributed by atoms with Gasteiger partial charge in [0.25, 0.3) is 0 Å². The SMILES string of the molecule is C=C(C)C(O)CCC(C)=CCC/C(C)=C/CCCC#N. The Balaban J connectivity index is 3.87. The normalized spacial score (nSPS) is 13.9. The van der Waals surface area contributed by atoms with Crippen molar-refractivity contribution in [2.45, 2.75) is 71.8 Å². The Morgan fingerprint density at radius 3 is 2.35 bits per heavy atom. The number of unbranched alkanes of at least 4 members (excludes halogenated alkanes) is 2. The van der Waals surface area contributed by atoms with Gasteiger partial charge in [-0.05, 0) is 59.3 Å². The van der Waals surface area contributed by atoms with E-state index in [9.17, 15) is 5.11 Å². The Hall–Kier alpha value is -1.33. The summed E-state index contributed by atoms with van der Waals surface area (Å²) >= 11 is 0. The van der Waals surface area contributed by atoms with Gasteiger partial charge in [0, 0.05) is 6.42 Å². The molecule has 0 radical (unpaired) electrons. The number of rotatable bonds is 10. The van der Waals surface area contributed by atoms with Gasteiger partial charge in [0.05, 0.1) is 12.2 Å². The van der Waals surface area contributed by atoms with E-state index < -0.39 is 0 Å². The zero-order valence-electron chi connectivity index (χ0n) is 13.3. The zero-order chi connectivity index (χ0) is 15.4. The molecule has 0 rings (SSSR count). The zero-order valence-corrected chi connectivity index (χ0v) is 13.3. The topological polar surface area (TPSA) is 44.0 Å². The fourth-order valence-corrected chi connectivity index (χ4v) is 1.89. The second-order valence-corrected chi connectivity index (χ2v) is 5.59. The molecule has 1 N–H and O–H groups in total. The number of hydrogen-bond donors (Lipinski definition) is 1. The highest BCUT2D eigenvalue weighted by Crippen LogP contribution is 2.14. The highest BCUT2D eigenvalue weighted by Gasteiger charge is 2.03. The molecule has 0 spiro atoms. The molecule has 0 bridgehead atoms. The average molecular weight is 275 g/mol. The number of nitriles is 1. The molecule has 0 amide bonds. The molecule has 2 nitrogen and oxygen atoms in total. The van der Waals surface area contributed by atoms with Crippen LogP contribution in [0.15, 0.2) is 35.5 Å². The minimum absolute atomic E-state index is 0.375. The molecule has 1 atom stereocenters. The van der Waals surface area contributed by atoms with Gasteiger partial charge in [-0.25, -0.2) is 0 Å². The van der Waals surface area contributed by atoms with Crippen LogP contribution in [0.2, 0.25) is 0 Å². The molecule has 0 aliphatic carbocycles. The van der Waals surface area contributed by atoms with E-state index in [-0.39, 0.29) is 6.10 Å². The molecule has 1 unspecified atom stereocenters. The predicted octanol–water partition coefficient (Wildman–Crippen LogP) is 5.07. The molecule has 0 aliphatic rings. The standard InChI is InChI=1S/C18H29NO/c1-15(2)18(20)13-12-17(4)11-8-10-16(3)9-6-5-7-14-19/h9,11,18,20H,1,5-8,10,12-13H2,2-4H3/b16-9+,17-11?. The third-order valence-electron chi connectivity index (χ3n) is 3.40. The van der Waals surface area contributed by atoms with Crippen molar-refractivity contribution in [1.82, 2.24) is 0 Å². The maximum Gasteiger partial charge on any atom is 0.0747 e. The van der Waals surface area contributed by atoms with Crippen molar-refractivity contribution in [2.75, 3.05) is 0 Å². The summed E-state index contributed by atoms with van der Waals surface area (Å²) in [6.07, 6.45) is 10.6. The van der Waals surface area contributed by atoms with Crippen molar-refractivity contribution in [3.8, 4) is 6.07 Å². The fourth-order valence-electron chi connectivity index (χ4n) is 1.89. The molecule has 20 heavy (non-hydrogen) atoms. The Labute approximate surface area is 124 Å². The summed E-state index contributed by atoms with van der Waals surface area (Å²) in [4.78, 5) is 0. The minimum Gasteiger partial charge on any atom is -0.389 e. The van der Waals surface area contributed by atoms with E-state index in [1.54, 1.807) is 0 Å². The molecule has 0 saturated heterocycles. The van der Waals surface area contributed by atoms with Crippen LogP contribution in [-0.2, 0) is 0 Å². The van der Waals surface area contributed by atoms with Crippen LogP contribution in [0.25, 0.3) is 0 Å². The number of aliphatic hydroxyl groups excluding tert-OH is 1. The van der Waals surface area contributed by atoms with Gasteiger partial charge in [0.2, 0.25) is 0 Å². The van der Waals surface area contributed by atoms with E-state index in [0.29, 0.717) is 6.42 Å². The van der Waals surface area contributed by atoms with Gasteiger partial charge in [0.15, 0.2) is 0 Å². The van der Waals surface area contributed by atoms with Crippen LogP contribution >= 0.6 is 0 Å². The summed E-state index contributed by atoms with van der Waals surface area (Å²) in [5, 5.41) is 18.1. The van der Waals surface area contributed by atoms with Gasteiger partial charge in [-0.2, -0.15) is 5.26 Å². The first-order chi connectivity index (χ1) is 9.47. The van der Waals surface area contributed by atoms with Crippen molar-refractivity contribution in [2.24, 2.45) is 0 Å². The highest BCUT2D eigenvalue weighted by atomic mass is 16.3. The lowest BCUT2D eigenvalue weighted by atomic mass is 10.0. The van der Waals surface area contributed by atoms with Gasteiger partial charge in [-0.3, -0.25) is 0 Å². The molecule has 0 fully saturated rings. The summed E-state index contributed by atoms with van der Waals surface area (Å²) < 4.78 is 0. The number of hydrogen-bond acceptors (Lipinski definition) is 2. The molecular formula is C18H29NO. The van der Waals surface area contributed by atoms with E-state index in [1.807, 2.05) is 6.92 Å². The molecular weight excluding hydrogens is 246 g/mol. The summed E-state index contributed by atoms with van der Waals surface area (Å²) in [6, 6.07) is 2.17. The summed E-state index contributed by atoms with van der Waals surface area (Å²) in [5.74, 6) is 0. The Morgan fingerprint density at radius 1 is 1.15 bits per heavy atom. The van der Waals surface area contributed by atoms with Gasteiger partial charge in [-0.1, -0.05) is 35.5 Å². The van der Waals surface area contributed by atoms with Crippen LogP contribution in [-0.4, -0.2) is 11.2 Å². The Kier molecular flexibility index (Phi) is 10.7. The Bertz CT molecular complexity index is 385. The minimum atomic E-state index is -0.375. The molecule has 2 heteroatoms. The molecule has 0 aromatic rings. The van der Waals surface area contributed by atoms with Gasteiger partial charge in [0.1, 0.15) is 0 Å². The summed E-state index contributed by atoms with van der Waals surface area (Å²) in [5.41, 5.74) is 3.57. The largest absolute Gasteiger partial charge is 0.389 e. The highest BCUT2D eigenvalue weighted by molar-refractivity contribution is 5.05. The van der Waals surface area contributed by atoms with Crippen LogP contribution < -0.4 is 0 Å². The molecule has 0 aromatic heterocycles. The summed E-state index contributed by atoms with van der Waals surface area (Å²) in [6.45, 7) is 9.90. The fraction of sp³-hybridized carbons (Fsp3) is 0.611. The van der Waals surface area contributed by atoms with E-state index >= 15 is 0 Å². The van der Waals surface area contributed by atoms with Crippen molar-refractivity contribution in [1.29, 1.82) is 5.26 Å².